The quantitative estimate of drug-likeness (QED) is 0.876. The van der Waals surface area contributed by atoms with E-state index < -0.39 is 0 Å². The number of nitrogens with zero attached hydrogens (tertiary/aromatic N) is 2. The fourth-order valence-corrected chi connectivity index (χ4v) is 3.74. The molecule has 1 aliphatic rings. The van der Waals surface area contributed by atoms with Gasteiger partial charge < -0.3 is 9.88 Å². The Bertz CT molecular complexity index is 492. The van der Waals surface area contributed by atoms with Crippen molar-refractivity contribution in [1.29, 1.82) is 0 Å². The second-order valence-corrected chi connectivity index (χ2v) is 7.35. The van der Waals surface area contributed by atoms with E-state index in [0.717, 1.165) is 13.1 Å². The zero-order valence-electron chi connectivity index (χ0n) is 12.7. The molecule has 1 aromatic rings. The molecule has 0 bridgehead atoms. The Morgan fingerprint density at radius 3 is 2.75 bits per heavy atom. The van der Waals surface area contributed by atoms with Crippen molar-refractivity contribution in [2.75, 3.05) is 18.1 Å². The van der Waals surface area contributed by atoms with Crippen molar-refractivity contribution >= 4 is 17.6 Å². The minimum Gasteiger partial charge on any atom is -0.364 e. The van der Waals surface area contributed by atoms with E-state index in [0.29, 0.717) is 11.7 Å². The molecule has 5 heteroatoms. The first-order valence-corrected chi connectivity index (χ1v) is 8.63. The van der Waals surface area contributed by atoms with Gasteiger partial charge in [-0.1, -0.05) is 26.7 Å². The lowest BCUT2D eigenvalue weighted by Gasteiger charge is -2.27. The molecule has 0 aromatic carbocycles. The molecule has 0 aliphatic heterocycles. The van der Waals surface area contributed by atoms with E-state index >= 15 is 0 Å². The summed E-state index contributed by atoms with van der Waals surface area (Å²) in [7, 11) is 0. The van der Waals surface area contributed by atoms with Gasteiger partial charge in [0.2, 0.25) is 0 Å². The first-order chi connectivity index (χ1) is 9.56. The summed E-state index contributed by atoms with van der Waals surface area (Å²) >= 11 is 1.92. The van der Waals surface area contributed by atoms with Crippen molar-refractivity contribution in [2.24, 2.45) is 5.92 Å². The monoisotopic (exact) mass is 295 g/mol. The maximum Gasteiger partial charge on any atom is 0.293 e. The van der Waals surface area contributed by atoms with Crippen molar-refractivity contribution in [2.45, 2.75) is 50.8 Å². The van der Waals surface area contributed by atoms with Crippen LogP contribution >= 0.6 is 11.8 Å². The van der Waals surface area contributed by atoms with Crippen LogP contribution in [0.2, 0.25) is 0 Å². The lowest BCUT2D eigenvalue weighted by atomic mass is 10.1. The van der Waals surface area contributed by atoms with Gasteiger partial charge in [0.05, 0.1) is 0 Å². The van der Waals surface area contributed by atoms with Gasteiger partial charge in [-0.3, -0.25) is 4.79 Å². The fraction of sp³-hybridized carbons (Fsp3) is 0.733. The maximum absolute atomic E-state index is 12.3. The van der Waals surface area contributed by atoms with Crippen LogP contribution in [0.5, 0.6) is 0 Å². The van der Waals surface area contributed by atoms with Gasteiger partial charge in [0.15, 0.2) is 5.82 Å². The van der Waals surface area contributed by atoms with Crippen LogP contribution in [0.3, 0.4) is 0 Å². The van der Waals surface area contributed by atoms with Crippen LogP contribution < -0.4 is 10.9 Å². The molecule has 0 amide bonds. The number of anilines is 1. The summed E-state index contributed by atoms with van der Waals surface area (Å²) in [6.07, 6.45) is 10.7. The smallest absolute Gasteiger partial charge is 0.293 e. The second kappa shape index (κ2) is 6.66. The summed E-state index contributed by atoms with van der Waals surface area (Å²) in [5.41, 5.74) is -0.00421. The molecule has 1 heterocycles. The molecule has 0 saturated heterocycles. The Morgan fingerprint density at radius 1 is 1.45 bits per heavy atom. The molecule has 1 aromatic heterocycles. The number of rotatable bonds is 6. The van der Waals surface area contributed by atoms with Gasteiger partial charge >= 0.3 is 0 Å². The highest BCUT2D eigenvalue weighted by atomic mass is 32.2. The normalized spacial score (nSPS) is 17.6. The first kappa shape index (κ1) is 15.4. The average molecular weight is 295 g/mol. The van der Waals surface area contributed by atoms with Crippen LogP contribution in [0.1, 0.15) is 39.5 Å². The molecule has 1 saturated carbocycles. The summed E-state index contributed by atoms with van der Waals surface area (Å²) in [5.74, 6) is 0.948. The molecule has 0 unspecified atom stereocenters. The van der Waals surface area contributed by atoms with Crippen LogP contribution in [-0.4, -0.2) is 27.1 Å². The number of thioether (sulfide) groups is 1. The molecule has 0 radical (unpaired) electrons. The highest BCUT2D eigenvalue weighted by Gasteiger charge is 2.32. The molecule has 0 spiro atoms. The highest BCUT2D eigenvalue weighted by molar-refractivity contribution is 8.00. The Balaban J connectivity index is 2.08. The molecule has 112 valence electrons. The molecule has 2 rings (SSSR count). The lowest BCUT2D eigenvalue weighted by molar-refractivity contribution is 0.509. The van der Waals surface area contributed by atoms with Crippen LogP contribution in [-0.2, 0) is 6.54 Å². The third-order valence-electron chi connectivity index (χ3n) is 4.00. The van der Waals surface area contributed by atoms with Crippen LogP contribution in [0, 0.1) is 5.92 Å². The van der Waals surface area contributed by atoms with Crippen molar-refractivity contribution in [3.05, 3.63) is 22.7 Å². The third-order valence-corrected chi connectivity index (χ3v) is 5.42. The van der Waals surface area contributed by atoms with E-state index in [4.69, 9.17) is 0 Å². The van der Waals surface area contributed by atoms with E-state index in [1.165, 1.54) is 25.7 Å². The fourth-order valence-electron chi connectivity index (χ4n) is 2.82. The Labute approximate surface area is 125 Å². The van der Waals surface area contributed by atoms with Crippen molar-refractivity contribution in [3.8, 4) is 0 Å². The molecule has 1 fully saturated rings. The van der Waals surface area contributed by atoms with Gasteiger partial charge in [0.1, 0.15) is 0 Å². The van der Waals surface area contributed by atoms with Crippen molar-refractivity contribution in [3.63, 3.8) is 0 Å². The number of hydrogen-bond donors (Lipinski definition) is 1. The molecular formula is C15H25N3OS. The van der Waals surface area contributed by atoms with Crippen molar-refractivity contribution < 1.29 is 0 Å². The van der Waals surface area contributed by atoms with Crippen LogP contribution in [0.25, 0.3) is 0 Å². The summed E-state index contributed by atoms with van der Waals surface area (Å²) in [4.78, 5) is 16.6. The predicted molar refractivity (Wildman–Crippen MR) is 86.5 cm³/mol. The lowest BCUT2D eigenvalue weighted by Crippen LogP contribution is -2.33. The maximum atomic E-state index is 12.3. The zero-order chi connectivity index (χ0) is 14.6. The Hall–Kier alpha value is -0.970. The standard InChI is InChI=1S/C15H25N3OS/c1-12(2)10-18-9-8-16-13(14(18)19)17-11-15(20-3)6-4-5-7-15/h8-9,12H,4-7,10-11H2,1-3H3,(H,16,17). The average Bonchev–Trinajstić information content (AvgIpc) is 2.89. The summed E-state index contributed by atoms with van der Waals surface area (Å²) in [6.45, 7) is 5.80. The third kappa shape index (κ3) is 3.57. The zero-order valence-corrected chi connectivity index (χ0v) is 13.5. The van der Waals surface area contributed by atoms with E-state index in [9.17, 15) is 4.79 Å². The summed E-state index contributed by atoms with van der Waals surface area (Å²) in [6, 6.07) is 0. The SMILES string of the molecule is CSC1(CNc2nccn(CC(C)C)c2=O)CCCC1. The minimum atomic E-state index is -0.00421. The molecule has 4 nitrogen and oxygen atoms in total. The van der Waals surface area contributed by atoms with E-state index in [-0.39, 0.29) is 10.3 Å². The van der Waals surface area contributed by atoms with Gasteiger partial charge in [0.25, 0.3) is 5.56 Å². The van der Waals surface area contributed by atoms with Gasteiger partial charge in [-0.05, 0) is 25.0 Å². The molecular weight excluding hydrogens is 270 g/mol. The van der Waals surface area contributed by atoms with Crippen LogP contribution in [0.4, 0.5) is 5.82 Å². The van der Waals surface area contributed by atoms with E-state index in [1.54, 1.807) is 17.0 Å². The highest BCUT2D eigenvalue weighted by Crippen LogP contribution is 2.39. The molecule has 0 atom stereocenters. The van der Waals surface area contributed by atoms with Crippen molar-refractivity contribution in [1.82, 2.24) is 9.55 Å². The number of hydrogen-bond acceptors (Lipinski definition) is 4. The van der Waals surface area contributed by atoms with Gasteiger partial charge in [-0.25, -0.2) is 4.98 Å². The second-order valence-electron chi connectivity index (χ2n) is 6.08. The topological polar surface area (TPSA) is 46.9 Å². The predicted octanol–water partition coefficient (Wildman–Crippen LogP) is 2.99. The van der Waals surface area contributed by atoms with Gasteiger partial charge in [-0.15, -0.1) is 0 Å². The largest absolute Gasteiger partial charge is 0.364 e. The van der Waals surface area contributed by atoms with Crippen LogP contribution in [0.15, 0.2) is 17.2 Å². The summed E-state index contributed by atoms with van der Waals surface area (Å²) in [5, 5.41) is 3.29. The first-order valence-electron chi connectivity index (χ1n) is 7.41. The molecule has 1 aliphatic carbocycles. The number of nitrogens with one attached hydrogen (secondary N) is 1. The minimum absolute atomic E-state index is 0.00421. The Morgan fingerprint density at radius 2 is 2.15 bits per heavy atom. The van der Waals surface area contributed by atoms with E-state index in [2.05, 4.69) is 30.4 Å². The van der Waals surface area contributed by atoms with Gasteiger partial charge in [0, 0.05) is 30.2 Å². The van der Waals surface area contributed by atoms with E-state index in [1.807, 2.05) is 11.8 Å². The Kier molecular flexibility index (Phi) is 5.13. The molecule has 20 heavy (non-hydrogen) atoms. The molecule has 1 N–H and O–H groups in total. The number of aromatic nitrogens is 2. The summed E-state index contributed by atoms with van der Waals surface area (Å²) < 4.78 is 2.03. The van der Waals surface area contributed by atoms with Gasteiger partial charge in [-0.2, -0.15) is 11.8 Å².